The minimum absolute atomic E-state index is 0.0426. The first-order valence-electron chi connectivity index (χ1n) is 15.0. The van der Waals surface area contributed by atoms with Gasteiger partial charge in [0.05, 0.1) is 24.6 Å². The fourth-order valence-electron chi connectivity index (χ4n) is 5.30. The SMILES string of the molecule is COc1ccc(CN(Cc2ccc(OC)cc2)S(=O)(=O)c2ccc(CC(C(=O)CC3CC3)C(=O)c3ccc(F)c(Br)c3)cc2F)cc1. The van der Waals surface area contributed by atoms with E-state index in [2.05, 4.69) is 15.9 Å². The van der Waals surface area contributed by atoms with Crippen molar-refractivity contribution in [3.05, 3.63) is 123 Å². The minimum atomic E-state index is -4.38. The molecule has 1 fully saturated rings. The number of Topliss-reactive ketones (excluding diaryl/α,β-unsaturated/α-hetero) is 2. The third-order valence-electron chi connectivity index (χ3n) is 8.19. The molecule has 1 unspecified atom stereocenters. The number of benzene rings is 4. The largest absolute Gasteiger partial charge is 0.497 e. The summed E-state index contributed by atoms with van der Waals surface area (Å²) in [5, 5.41) is 0. The predicted molar refractivity (Wildman–Crippen MR) is 177 cm³/mol. The number of halogens is 3. The zero-order valence-electron chi connectivity index (χ0n) is 25.9. The van der Waals surface area contributed by atoms with Gasteiger partial charge in [0.1, 0.15) is 33.8 Å². The summed E-state index contributed by atoms with van der Waals surface area (Å²) in [5.41, 5.74) is 1.78. The molecular weight excluding hydrogens is 692 g/mol. The normalized spacial score (nSPS) is 13.7. The summed E-state index contributed by atoms with van der Waals surface area (Å²) in [6, 6.07) is 21.3. The van der Waals surface area contributed by atoms with Crippen LogP contribution in [0.25, 0.3) is 0 Å². The lowest BCUT2D eigenvalue weighted by Crippen LogP contribution is -2.31. The van der Waals surface area contributed by atoms with E-state index in [0.29, 0.717) is 28.2 Å². The van der Waals surface area contributed by atoms with Gasteiger partial charge in [-0.2, -0.15) is 4.31 Å². The molecule has 246 valence electrons. The van der Waals surface area contributed by atoms with Gasteiger partial charge in [0.2, 0.25) is 10.0 Å². The number of sulfonamides is 1. The number of hydrogen-bond acceptors (Lipinski definition) is 6. The van der Waals surface area contributed by atoms with E-state index in [1.54, 1.807) is 48.5 Å². The van der Waals surface area contributed by atoms with E-state index in [4.69, 9.17) is 9.47 Å². The number of nitrogens with zero attached hydrogens (tertiary/aromatic N) is 1. The summed E-state index contributed by atoms with van der Waals surface area (Å²) in [6.07, 6.45) is 1.90. The first kappa shape index (κ1) is 34.4. The Morgan fingerprint density at radius 1 is 0.809 bits per heavy atom. The van der Waals surface area contributed by atoms with E-state index < -0.39 is 38.3 Å². The Labute approximate surface area is 281 Å². The summed E-state index contributed by atoms with van der Waals surface area (Å²) in [5.74, 6) is -2.02. The Morgan fingerprint density at radius 2 is 1.36 bits per heavy atom. The van der Waals surface area contributed by atoms with Crippen LogP contribution in [0.2, 0.25) is 0 Å². The van der Waals surface area contributed by atoms with Gasteiger partial charge in [-0.15, -0.1) is 0 Å². The van der Waals surface area contributed by atoms with Crippen LogP contribution in [0.3, 0.4) is 0 Å². The highest BCUT2D eigenvalue weighted by atomic mass is 79.9. The Balaban J connectivity index is 1.43. The lowest BCUT2D eigenvalue weighted by molar-refractivity contribution is -0.121. The molecule has 47 heavy (non-hydrogen) atoms. The molecule has 1 atom stereocenters. The maximum atomic E-state index is 15.8. The van der Waals surface area contributed by atoms with Crippen molar-refractivity contribution in [3.63, 3.8) is 0 Å². The van der Waals surface area contributed by atoms with Crippen LogP contribution in [0.4, 0.5) is 8.78 Å². The summed E-state index contributed by atoms with van der Waals surface area (Å²) in [6.45, 7) is -0.0853. The van der Waals surface area contributed by atoms with Gasteiger partial charge >= 0.3 is 0 Å². The molecule has 4 aromatic rings. The maximum Gasteiger partial charge on any atom is 0.246 e. The van der Waals surface area contributed by atoms with Gasteiger partial charge in [0.25, 0.3) is 0 Å². The minimum Gasteiger partial charge on any atom is -0.497 e. The Morgan fingerprint density at radius 3 is 1.85 bits per heavy atom. The van der Waals surface area contributed by atoms with Crippen molar-refractivity contribution in [3.8, 4) is 11.5 Å². The van der Waals surface area contributed by atoms with Crippen LogP contribution < -0.4 is 9.47 Å². The Hall–Kier alpha value is -3.93. The molecule has 1 aliphatic rings. The van der Waals surface area contributed by atoms with Crippen molar-refractivity contribution in [2.75, 3.05) is 14.2 Å². The summed E-state index contributed by atoms with van der Waals surface area (Å²) >= 11 is 3.09. The van der Waals surface area contributed by atoms with Crippen LogP contribution in [-0.2, 0) is 34.3 Å². The van der Waals surface area contributed by atoms with Crippen LogP contribution in [-0.4, -0.2) is 38.5 Å². The molecule has 1 saturated carbocycles. The zero-order valence-corrected chi connectivity index (χ0v) is 28.3. The van der Waals surface area contributed by atoms with E-state index in [0.717, 1.165) is 25.0 Å². The topological polar surface area (TPSA) is 90.0 Å². The van der Waals surface area contributed by atoms with Crippen molar-refractivity contribution in [2.45, 2.75) is 43.7 Å². The first-order chi connectivity index (χ1) is 22.5. The van der Waals surface area contributed by atoms with Gasteiger partial charge in [-0.25, -0.2) is 17.2 Å². The molecule has 11 heteroatoms. The smallest absolute Gasteiger partial charge is 0.246 e. The highest BCUT2D eigenvalue weighted by Gasteiger charge is 2.34. The molecule has 0 spiro atoms. The number of carbonyl (C=O) groups is 2. The van der Waals surface area contributed by atoms with Crippen molar-refractivity contribution in [2.24, 2.45) is 11.8 Å². The third-order valence-corrected chi connectivity index (χ3v) is 10.6. The highest BCUT2D eigenvalue weighted by Crippen LogP contribution is 2.35. The number of ether oxygens (including phenoxy) is 2. The summed E-state index contributed by atoms with van der Waals surface area (Å²) in [7, 11) is -1.31. The lowest BCUT2D eigenvalue weighted by atomic mass is 9.86. The predicted octanol–water partition coefficient (Wildman–Crippen LogP) is 7.55. The molecule has 7 nitrogen and oxygen atoms in total. The molecule has 0 aliphatic heterocycles. The van der Waals surface area contributed by atoms with Gasteiger partial charge in [-0.05, 0) is 112 Å². The highest BCUT2D eigenvalue weighted by molar-refractivity contribution is 9.10. The zero-order chi connectivity index (χ0) is 33.7. The molecule has 0 saturated heterocycles. The molecule has 0 heterocycles. The van der Waals surface area contributed by atoms with E-state index in [1.165, 1.54) is 42.8 Å². The molecular formula is C36H34BrF2NO6S. The molecule has 0 radical (unpaired) electrons. The standard InChI is InChI=1S/C36H34BrF2NO6S/c1-45-28-11-5-24(6-12-28)21-40(22-25-7-13-29(46-2)14-8-25)47(43,44)35-16-9-26(18-33(35)39)17-30(34(41)19-23-3-4-23)36(42)27-10-15-32(38)31(37)20-27/h5-16,18,20,23,30H,3-4,17,19,21-22H2,1-2H3. The monoisotopic (exact) mass is 725 g/mol. The van der Waals surface area contributed by atoms with Crippen LogP contribution in [0.1, 0.15) is 46.3 Å². The number of methoxy groups -OCH3 is 2. The van der Waals surface area contributed by atoms with Crippen LogP contribution in [0, 0.1) is 23.5 Å². The Kier molecular flexibility index (Phi) is 10.9. The van der Waals surface area contributed by atoms with Gasteiger partial charge in [-0.1, -0.05) is 30.3 Å². The molecule has 0 amide bonds. The molecule has 0 aromatic heterocycles. The number of carbonyl (C=O) groups excluding carboxylic acids is 2. The van der Waals surface area contributed by atoms with Gasteiger partial charge in [0, 0.05) is 25.1 Å². The molecule has 5 rings (SSSR count). The van der Waals surface area contributed by atoms with E-state index in [9.17, 15) is 22.4 Å². The fraction of sp³-hybridized carbons (Fsp3) is 0.278. The van der Waals surface area contributed by atoms with E-state index >= 15 is 4.39 Å². The second-order valence-corrected chi connectivity index (χ2v) is 14.4. The number of hydrogen-bond donors (Lipinski definition) is 0. The number of ketones is 2. The molecule has 0 N–H and O–H groups in total. The van der Waals surface area contributed by atoms with Gasteiger partial charge in [-0.3, -0.25) is 9.59 Å². The summed E-state index contributed by atoms with van der Waals surface area (Å²) < 4.78 is 69.4. The second-order valence-electron chi connectivity index (χ2n) is 11.6. The van der Waals surface area contributed by atoms with Crippen LogP contribution in [0.5, 0.6) is 11.5 Å². The fourth-order valence-corrected chi connectivity index (χ4v) is 7.14. The quantitative estimate of drug-likeness (QED) is 0.0929. The average Bonchev–Trinajstić information content (AvgIpc) is 3.88. The van der Waals surface area contributed by atoms with Crippen molar-refractivity contribution < 1.29 is 36.3 Å². The first-order valence-corrected chi connectivity index (χ1v) is 17.3. The second kappa shape index (κ2) is 14.9. The van der Waals surface area contributed by atoms with Crippen molar-refractivity contribution >= 4 is 37.5 Å². The lowest BCUT2D eigenvalue weighted by Gasteiger charge is -2.23. The van der Waals surface area contributed by atoms with Crippen molar-refractivity contribution in [1.82, 2.24) is 4.31 Å². The van der Waals surface area contributed by atoms with Gasteiger partial charge in [0.15, 0.2) is 5.78 Å². The molecule has 4 aromatic carbocycles. The molecule has 0 bridgehead atoms. The van der Waals surface area contributed by atoms with Crippen molar-refractivity contribution in [1.29, 1.82) is 0 Å². The van der Waals surface area contributed by atoms with Crippen LogP contribution >= 0.6 is 15.9 Å². The average molecular weight is 727 g/mol. The summed E-state index contributed by atoms with van der Waals surface area (Å²) in [4.78, 5) is 26.3. The number of rotatable bonds is 15. The van der Waals surface area contributed by atoms with E-state index in [-0.39, 0.29) is 47.7 Å². The van der Waals surface area contributed by atoms with Gasteiger partial charge < -0.3 is 9.47 Å². The van der Waals surface area contributed by atoms with Crippen LogP contribution in [0.15, 0.2) is 94.3 Å². The Bertz CT molecular complexity index is 1810. The third kappa shape index (κ3) is 8.51. The van der Waals surface area contributed by atoms with E-state index in [1.807, 2.05) is 0 Å². The molecule has 1 aliphatic carbocycles. The maximum absolute atomic E-state index is 15.8.